The number of unbranched alkanes of at least 4 members (excludes halogenated alkanes) is 1. The summed E-state index contributed by atoms with van der Waals surface area (Å²) in [7, 11) is 2.84. The molecule has 1 aliphatic heterocycles. The third kappa shape index (κ3) is 6.81. The summed E-state index contributed by atoms with van der Waals surface area (Å²) in [6.45, 7) is 3.75. The molecule has 0 atom stereocenters. The molecular formula is C24H30O9. The molecule has 0 bridgehead atoms. The standard InChI is InChI=1S/C24H30O9/c1-14(10-12-19(27)30-3)9-11-16-22(31-4)15(2)17-13-32-24(29)21(17)23(16)33-20(28)8-6-5-7-18(25)26/h9H,5-8,10-13H2,1-4H3,(H,25,26)/b14-9+. The smallest absolute Gasteiger partial charge is 0.342 e. The van der Waals surface area contributed by atoms with E-state index in [1.807, 2.05) is 19.9 Å². The highest BCUT2D eigenvalue weighted by Crippen LogP contribution is 2.43. The lowest BCUT2D eigenvalue weighted by atomic mass is 9.94. The van der Waals surface area contributed by atoms with Crippen molar-refractivity contribution in [3.05, 3.63) is 33.9 Å². The molecule has 33 heavy (non-hydrogen) atoms. The van der Waals surface area contributed by atoms with Gasteiger partial charge in [-0.25, -0.2) is 4.79 Å². The molecule has 1 aromatic carbocycles. The van der Waals surface area contributed by atoms with Crippen molar-refractivity contribution >= 4 is 23.9 Å². The molecule has 180 valence electrons. The van der Waals surface area contributed by atoms with E-state index in [0.29, 0.717) is 42.6 Å². The summed E-state index contributed by atoms with van der Waals surface area (Å²) in [5, 5.41) is 8.74. The minimum Gasteiger partial charge on any atom is -0.496 e. The summed E-state index contributed by atoms with van der Waals surface area (Å²) < 4.78 is 21.1. The molecule has 0 saturated heterocycles. The van der Waals surface area contributed by atoms with Gasteiger partial charge in [0.15, 0.2) is 5.75 Å². The Morgan fingerprint density at radius 3 is 2.36 bits per heavy atom. The summed E-state index contributed by atoms with van der Waals surface area (Å²) in [5.41, 5.74) is 3.01. The van der Waals surface area contributed by atoms with Crippen molar-refractivity contribution in [3.8, 4) is 11.5 Å². The monoisotopic (exact) mass is 462 g/mol. The molecule has 1 N–H and O–H groups in total. The number of esters is 3. The summed E-state index contributed by atoms with van der Waals surface area (Å²) in [6, 6.07) is 0. The van der Waals surface area contributed by atoms with Crippen molar-refractivity contribution in [1.29, 1.82) is 0 Å². The summed E-state index contributed by atoms with van der Waals surface area (Å²) >= 11 is 0. The van der Waals surface area contributed by atoms with Crippen molar-refractivity contribution < 1.29 is 43.2 Å². The quantitative estimate of drug-likeness (QED) is 0.214. The largest absolute Gasteiger partial charge is 0.496 e. The van der Waals surface area contributed by atoms with Crippen LogP contribution in [0.1, 0.15) is 72.5 Å². The number of allylic oxidation sites excluding steroid dienone is 2. The first-order valence-electron chi connectivity index (χ1n) is 10.7. The number of cyclic esters (lactones) is 1. The van der Waals surface area contributed by atoms with Crippen molar-refractivity contribution in [1.82, 2.24) is 0 Å². The maximum atomic E-state index is 12.5. The third-order valence-electron chi connectivity index (χ3n) is 5.47. The van der Waals surface area contributed by atoms with Crippen molar-refractivity contribution in [2.75, 3.05) is 14.2 Å². The average Bonchev–Trinajstić information content (AvgIpc) is 3.17. The number of rotatable bonds is 12. The molecule has 0 aliphatic carbocycles. The molecule has 0 amide bonds. The van der Waals surface area contributed by atoms with Gasteiger partial charge in [0.25, 0.3) is 0 Å². The minimum atomic E-state index is -0.927. The zero-order valence-electron chi connectivity index (χ0n) is 19.4. The van der Waals surface area contributed by atoms with Gasteiger partial charge in [-0.05, 0) is 45.1 Å². The molecule has 0 aromatic heterocycles. The minimum absolute atomic E-state index is 0.0146. The molecule has 2 rings (SSSR count). The van der Waals surface area contributed by atoms with Crippen molar-refractivity contribution in [2.24, 2.45) is 0 Å². The normalized spacial score (nSPS) is 12.7. The van der Waals surface area contributed by atoms with Gasteiger partial charge < -0.3 is 24.1 Å². The molecule has 0 saturated carbocycles. The molecule has 0 fully saturated rings. The first-order chi connectivity index (χ1) is 15.7. The Morgan fingerprint density at radius 1 is 1.03 bits per heavy atom. The highest BCUT2D eigenvalue weighted by atomic mass is 16.6. The van der Waals surface area contributed by atoms with Crippen LogP contribution in [0.2, 0.25) is 0 Å². The van der Waals surface area contributed by atoms with Crippen LogP contribution in [-0.4, -0.2) is 43.2 Å². The maximum Gasteiger partial charge on any atom is 0.342 e. The first-order valence-corrected chi connectivity index (χ1v) is 10.7. The Bertz CT molecular complexity index is 959. The van der Waals surface area contributed by atoms with Crippen LogP contribution in [-0.2, 0) is 36.9 Å². The Morgan fingerprint density at radius 2 is 1.73 bits per heavy atom. The van der Waals surface area contributed by atoms with Crippen molar-refractivity contribution in [2.45, 2.75) is 65.4 Å². The topological polar surface area (TPSA) is 125 Å². The van der Waals surface area contributed by atoms with Crippen LogP contribution in [0, 0.1) is 6.92 Å². The summed E-state index contributed by atoms with van der Waals surface area (Å²) in [6.07, 6.45) is 3.61. The first kappa shape index (κ1) is 25.9. The van der Waals surface area contributed by atoms with E-state index in [2.05, 4.69) is 4.74 Å². The number of carboxylic acid groups (broad SMARTS) is 1. The molecule has 0 unspecified atom stereocenters. The van der Waals surface area contributed by atoms with Gasteiger partial charge in [-0.1, -0.05) is 11.6 Å². The summed E-state index contributed by atoms with van der Waals surface area (Å²) in [4.78, 5) is 47.1. The molecule has 0 spiro atoms. The number of hydrogen-bond acceptors (Lipinski definition) is 8. The lowest BCUT2D eigenvalue weighted by Gasteiger charge is -2.19. The maximum absolute atomic E-state index is 12.5. The number of ether oxygens (including phenoxy) is 4. The van der Waals surface area contributed by atoms with E-state index in [1.54, 1.807) is 0 Å². The van der Waals surface area contributed by atoms with E-state index in [-0.39, 0.29) is 43.2 Å². The third-order valence-corrected chi connectivity index (χ3v) is 5.47. The molecule has 0 radical (unpaired) electrons. The number of hydrogen-bond donors (Lipinski definition) is 1. The number of benzene rings is 1. The van der Waals surface area contributed by atoms with Crippen LogP contribution in [0.15, 0.2) is 11.6 Å². The van der Waals surface area contributed by atoms with Gasteiger partial charge in [0.2, 0.25) is 0 Å². The second-order valence-electron chi connectivity index (χ2n) is 7.80. The van der Waals surface area contributed by atoms with Gasteiger partial charge in [-0.3, -0.25) is 14.4 Å². The van der Waals surface area contributed by atoms with E-state index in [0.717, 1.165) is 11.1 Å². The van der Waals surface area contributed by atoms with Gasteiger partial charge in [0, 0.05) is 30.4 Å². The van der Waals surface area contributed by atoms with Crippen LogP contribution >= 0.6 is 0 Å². The van der Waals surface area contributed by atoms with E-state index < -0.39 is 17.9 Å². The fourth-order valence-corrected chi connectivity index (χ4v) is 3.61. The average molecular weight is 462 g/mol. The van der Waals surface area contributed by atoms with Gasteiger partial charge in [0.1, 0.15) is 17.9 Å². The molecule has 1 aliphatic rings. The predicted molar refractivity (Wildman–Crippen MR) is 117 cm³/mol. The Hall–Kier alpha value is -3.36. The number of methoxy groups -OCH3 is 2. The molecule has 9 nitrogen and oxygen atoms in total. The van der Waals surface area contributed by atoms with Gasteiger partial charge in [-0.15, -0.1) is 0 Å². The highest BCUT2D eigenvalue weighted by Gasteiger charge is 2.34. The molecule has 1 aromatic rings. The highest BCUT2D eigenvalue weighted by molar-refractivity contribution is 5.99. The SMILES string of the molecule is COC(=O)CC/C(C)=C/Cc1c(OC)c(C)c2c(c1OC(=O)CCCCC(=O)O)C(=O)OC2. The number of carboxylic acids is 1. The second-order valence-corrected chi connectivity index (χ2v) is 7.80. The van der Waals surface area contributed by atoms with E-state index in [4.69, 9.17) is 19.3 Å². The van der Waals surface area contributed by atoms with Crippen molar-refractivity contribution in [3.63, 3.8) is 0 Å². The lowest BCUT2D eigenvalue weighted by Crippen LogP contribution is -2.14. The van der Waals surface area contributed by atoms with E-state index >= 15 is 0 Å². The fraction of sp³-hybridized carbons (Fsp3) is 0.500. The number of carbonyl (C=O) groups excluding carboxylic acids is 3. The van der Waals surface area contributed by atoms with Crippen LogP contribution < -0.4 is 9.47 Å². The van der Waals surface area contributed by atoms with E-state index in [9.17, 15) is 19.2 Å². The van der Waals surface area contributed by atoms with Gasteiger partial charge >= 0.3 is 23.9 Å². The Balaban J connectivity index is 2.34. The zero-order valence-corrected chi connectivity index (χ0v) is 19.4. The molecule has 1 heterocycles. The predicted octanol–water partition coefficient (Wildman–Crippen LogP) is 3.67. The number of fused-ring (bicyclic) bond motifs is 1. The van der Waals surface area contributed by atoms with Gasteiger partial charge in [-0.2, -0.15) is 0 Å². The second kappa shape index (κ2) is 12.0. The van der Waals surface area contributed by atoms with Gasteiger partial charge in [0.05, 0.1) is 14.2 Å². The number of aliphatic carboxylic acids is 1. The van der Waals surface area contributed by atoms with Crippen LogP contribution in [0.5, 0.6) is 11.5 Å². The Labute approximate surface area is 192 Å². The molecular weight excluding hydrogens is 432 g/mol. The zero-order chi connectivity index (χ0) is 24.5. The van der Waals surface area contributed by atoms with Crippen LogP contribution in [0.4, 0.5) is 0 Å². The fourth-order valence-electron chi connectivity index (χ4n) is 3.61. The van der Waals surface area contributed by atoms with Crippen LogP contribution in [0.3, 0.4) is 0 Å². The molecule has 9 heteroatoms. The number of carbonyl (C=O) groups is 4. The Kier molecular flexibility index (Phi) is 9.44. The lowest BCUT2D eigenvalue weighted by molar-refractivity contribution is -0.140. The summed E-state index contributed by atoms with van der Waals surface area (Å²) in [5.74, 6) is -1.77. The van der Waals surface area contributed by atoms with E-state index in [1.165, 1.54) is 14.2 Å². The van der Waals surface area contributed by atoms with Crippen LogP contribution in [0.25, 0.3) is 0 Å².